The van der Waals surface area contributed by atoms with Gasteiger partial charge in [-0.2, -0.15) is 0 Å². The molecular formula is C40H68O12. The predicted octanol–water partition coefficient (Wildman–Crippen LogP) is 2.09. The van der Waals surface area contributed by atoms with Gasteiger partial charge in [-0.15, -0.1) is 0 Å². The normalized spacial score (nSPS) is 57.7. The van der Waals surface area contributed by atoms with Crippen LogP contribution in [0.15, 0.2) is 0 Å². The Hall–Kier alpha value is -0.480. The molecule has 20 atom stereocenters. The summed E-state index contributed by atoms with van der Waals surface area (Å²) in [6.45, 7) is 17.0. The Bertz CT molecular complexity index is 1320. The van der Waals surface area contributed by atoms with Crippen molar-refractivity contribution in [3.05, 3.63) is 0 Å². The molecule has 12 nitrogen and oxygen atoms in total. The van der Waals surface area contributed by atoms with Crippen LogP contribution in [0.1, 0.15) is 107 Å². The third kappa shape index (κ3) is 5.66. The average molecular weight is 741 g/mol. The minimum Gasteiger partial charge on any atom is -0.393 e. The lowest BCUT2D eigenvalue weighted by molar-refractivity contribution is -0.351. The van der Waals surface area contributed by atoms with E-state index in [9.17, 15) is 40.9 Å². The number of ether oxygens (including phenoxy) is 4. The highest BCUT2D eigenvalue weighted by atomic mass is 16.7. The van der Waals surface area contributed by atoms with Gasteiger partial charge in [0.25, 0.3) is 0 Å². The van der Waals surface area contributed by atoms with Gasteiger partial charge in [-0.05, 0) is 122 Å². The molecule has 0 aromatic rings. The van der Waals surface area contributed by atoms with E-state index in [4.69, 9.17) is 18.9 Å². The van der Waals surface area contributed by atoms with Crippen LogP contribution in [0.4, 0.5) is 0 Å². The van der Waals surface area contributed by atoms with Crippen molar-refractivity contribution in [2.24, 2.45) is 56.7 Å². The summed E-state index contributed by atoms with van der Waals surface area (Å²) in [7, 11) is 0. The number of rotatable bonds is 5. The quantitative estimate of drug-likeness (QED) is 0.191. The standard InChI is InChI=1S/C40H68O12/c1-35(2)26(44)12-14-38(6)25-10-9-24-37(5)13-11-19(36(3,4)48)27(37)23(16-40(24,8)39(25,7)15-20(41)32(35)38)51-34-30(47)31(22(43)18-50-34)52-33-29(46)28(45)21(42)17-49-33/h19-34,41-48H,9-18H2,1-8H3/t19-,20-,21+,22-,23-,24+,25+,26-,27+,28-,29+,30+,31-,32-,33-,34-,37+,38+,39+,40+/m0/s1. The van der Waals surface area contributed by atoms with E-state index in [1.54, 1.807) is 0 Å². The Balaban J connectivity index is 1.22. The Morgan fingerprint density at radius 1 is 0.615 bits per heavy atom. The SMILES string of the molecule is CC(C)(O)[C@H]1CC[C@@]2(C)[C@H]1[C@@H](O[C@@H]1OC[C@H](O)[C@H](O[C@@H]3OC[C@@H](O)[C@H](O)[C@H]3O)[C@H]1O)C[C@]1(C)[C@@H]2CC[C@@H]2[C@@]3(C)CC[C@H](O)C(C)(C)[C@@H]3[C@@H](O)C[C@]21C. The van der Waals surface area contributed by atoms with E-state index in [-0.39, 0.29) is 52.6 Å². The molecule has 0 unspecified atom stereocenters. The van der Waals surface area contributed by atoms with Crippen molar-refractivity contribution < 1.29 is 59.8 Å². The summed E-state index contributed by atoms with van der Waals surface area (Å²) in [5.74, 6) is 0.448. The smallest absolute Gasteiger partial charge is 0.186 e. The van der Waals surface area contributed by atoms with Crippen molar-refractivity contribution in [1.82, 2.24) is 0 Å². The molecule has 52 heavy (non-hydrogen) atoms. The van der Waals surface area contributed by atoms with Gasteiger partial charge in [-0.1, -0.05) is 41.5 Å². The summed E-state index contributed by atoms with van der Waals surface area (Å²) in [4.78, 5) is 0. The van der Waals surface area contributed by atoms with Crippen LogP contribution in [0.25, 0.3) is 0 Å². The molecule has 5 aliphatic carbocycles. The van der Waals surface area contributed by atoms with Crippen LogP contribution in [0.5, 0.6) is 0 Å². The Labute approximate surface area is 309 Å². The number of hydrogen-bond donors (Lipinski definition) is 8. The molecule has 2 saturated heterocycles. The highest BCUT2D eigenvalue weighted by molar-refractivity contribution is 5.23. The zero-order valence-corrected chi connectivity index (χ0v) is 32.5. The van der Waals surface area contributed by atoms with Gasteiger partial charge in [0.15, 0.2) is 12.6 Å². The fraction of sp³-hybridized carbons (Fsp3) is 1.00. The lowest BCUT2D eigenvalue weighted by Crippen LogP contribution is -2.71. The second kappa shape index (κ2) is 13.0. The third-order valence-corrected chi connectivity index (χ3v) is 17.1. The van der Waals surface area contributed by atoms with E-state index in [0.29, 0.717) is 31.1 Å². The summed E-state index contributed by atoms with van der Waals surface area (Å²) in [5.41, 5.74) is -2.34. The second-order valence-electron chi connectivity index (χ2n) is 20.5. The van der Waals surface area contributed by atoms with Crippen LogP contribution in [-0.4, -0.2) is 127 Å². The maximum Gasteiger partial charge on any atom is 0.186 e. The summed E-state index contributed by atoms with van der Waals surface area (Å²) < 4.78 is 24.3. The summed E-state index contributed by atoms with van der Waals surface area (Å²) in [5, 5.41) is 88.3. The van der Waals surface area contributed by atoms with Crippen LogP contribution in [-0.2, 0) is 18.9 Å². The summed E-state index contributed by atoms with van der Waals surface area (Å²) in [6, 6.07) is 0. The molecule has 7 aliphatic rings. The van der Waals surface area contributed by atoms with E-state index in [2.05, 4.69) is 41.5 Å². The van der Waals surface area contributed by atoms with Crippen molar-refractivity contribution in [3.63, 3.8) is 0 Å². The molecule has 0 spiro atoms. The van der Waals surface area contributed by atoms with Gasteiger partial charge < -0.3 is 59.8 Å². The van der Waals surface area contributed by atoms with Gasteiger partial charge in [0.1, 0.15) is 36.6 Å². The third-order valence-electron chi connectivity index (χ3n) is 17.1. The van der Waals surface area contributed by atoms with E-state index >= 15 is 0 Å². The topological polar surface area (TPSA) is 199 Å². The molecular weight excluding hydrogens is 672 g/mol. The molecule has 2 aliphatic heterocycles. The molecule has 8 N–H and O–H groups in total. The molecule has 2 heterocycles. The Kier molecular flexibility index (Phi) is 9.96. The molecule has 5 saturated carbocycles. The fourth-order valence-electron chi connectivity index (χ4n) is 14.7. The maximum absolute atomic E-state index is 12.2. The molecule has 0 aromatic heterocycles. The summed E-state index contributed by atoms with van der Waals surface area (Å²) in [6.07, 6.45) is -5.88. The predicted molar refractivity (Wildman–Crippen MR) is 188 cm³/mol. The first-order chi connectivity index (χ1) is 24.0. The first-order valence-corrected chi connectivity index (χ1v) is 20.1. The molecule has 7 rings (SSSR count). The zero-order valence-electron chi connectivity index (χ0n) is 32.5. The Morgan fingerprint density at radius 2 is 1.17 bits per heavy atom. The molecule has 0 bridgehead atoms. The Morgan fingerprint density at radius 3 is 1.81 bits per heavy atom. The van der Waals surface area contributed by atoms with Crippen LogP contribution in [0.3, 0.4) is 0 Å². The number of hydrogen-bond acceptors (Lipinski definition) is 12. The van der Waals surface area contributed by atoms with Gasteiger partial charge in [-0.3, -0.25) is 0 Å². The van der Waals surface area contributed by atoms with Crippen LogP contribution >= 0.6 is 0 Å². The first-order valence-electron chi connectivity index (χ1n) is 20.1. The van der Waals surface area contributed by atoms with E-state index < -0.39 is 78.5 Å². The minimum absolute atomic E-state index is 0.0304. The van der Waals surface area contributed by atoms with Crippen LogP contribution in [0.2, 0.25) is 0 Å². The number of fused-ring (bicyclic) bond motifs is 7. The van der Waals surface area contributed by atoms with Crippen molar-refractivity contribution in [1.29, 1.82) is 0 Å². The average Bonchev–Trinajstić information content (AvgIpc) is 3.42. The fourth-order valence-corrected chi connectivity index (χ4v) is 14.7. The van der Waals surface area contributed by atoms with Crippen molar-refractivity contribution in [2.45, 2.75) is 180 Å². The van der Waals surface area contributed by atoms with Crippen molar-refractivity contribution in [2.75, 3.05) is 13.2 Å². The van der Waals surface area contributed by atoms with Gasteiger partial charge in [-0.25, -0.2) is 0 Å². The highest BCUT2D eigenvalue weighted by Crippen LogP contribution is 2.78. The van der Waals surface area contributed by atoms with Gasteiger partial charge in [0.05, 0.1) is 37.1 Å². The molecule has 300 valence electrons. The van der Waals surface area contributed by atoms with E-state index in [0.717, 1.165) is 32.1 Å². The lowest BCUT2D eigenvalue weighted by atomic mass is 9.31. The maximum atomic E-state index is 12.2. The number of aliphatic hydroxyl groups is 8. The van der Waals surface area contributed by atoms with Gasteiger partial charge in [0, 0.05) is 0 Å². The largest absolute Gasteiger partial charge is 0.393 e. The molecule has 0 aromatic carbocycles. The van der Waals surface area contributed by atoms with E-state index in [1.165, 1.54) is 0 Å². The number of aliphatic hydroxyl groups excluding tert-OH is 7. The van der Waals surface area contributed by atoms with Crippen molar-refractivity contribution >= 4 is 0 Å². The summed E-state index contributed by atoms with van der Waals surface area (Å²) >= 11 is 0. The monoisotopic (exact) mass is 740 g/mol. The van der Waals surface area contributed by atoms with Gasteiger partial charge >= 0.3 is 0 Å². The molecule has 0 radical (unpaired) electrons. The van der Waals surface area contributed by atoms with Gasteiger partial charge in [0.2, 0.25) is 0 Å². The van der Waals surface area contributed by atoms with Crippen LogP contribution in [0, 0.1) is 56.7 Å². The first kappa shape index (κ1) is 39.7. The molecule has 0 amide bonds. The molecule has 12 heteroatoms. The minimum atomic E-state index is -1.60. The second-order valence-corrected chi connectivity index (χ2v) is 20.5. The highest BCUT2D eigenvalue weighted by Gasteiger charge is 2.74. The molecule has 7 fully saturated rings. The van der Waals surface area contributed by atoms with E-state index in [1.807, 2.05) is 13.8 Å². The van der Waals surface area contributed by atoms with Crippen molar-refractivity contribution in [3.8, 4) is 0 Å². The van der Waals surface area contributed by atoms with Crippen LogP contribution < -0.4 is 0 Å². The lowest BCUT2D eigenvalue weighted by Gasteiger charge is -2.74. The zero-order chi connectivity index (χ0) is 38.1.